The zero-order valence-corrected chi connectivity index (χ0v) is 16.3. The lowest BCUT2D eigenvalue weighted by Crippen LogP contribution is -2.51. The molecule has 2 fully saturated rings. The molecule has 0 amide bonds. The first-order chi connectivity index (χ1) is 10.9. The first-order valence-corrected chi connectivity index (χ1v) is 11.2. The molecule has 0 aromatic rings. The molecule has 0 aromatic heterocycles. The molecule has 1 N–H and O–H groups in total. The van der Waals surface area contributed by atoms with E-state index >= 15 is 0 Å². The largest absolute Gasteiger partial charge is 0.463 e. The van der Waals surface area contributed by atoms with Crippen molar-refractivity contribution in [1.82, 2.24) is 0 Å². The Balaban J connectivity index is 2.07. The molecule has 7 heteroatoms. The smallest absolute Gasteiger partial charge is 0.346 e. The van der Waals surface area contributed by atoms with Gasteiger partial charge in [-0.3, -0.25) is 4.79 Å². The highest BCUT2D eigenvalue weighted by Crippen LogP contribution is 2.38. The SMILES string of the molecule is C[C@@H]1O[C@@H]1/C=C/C(=O)[C@@]1(O)C(=O)OC[C@@H]1CO[Si](C)(C)C(C)(C)C. The quantitative estimate of drug-likeness (QED) is 0.257. The molecule has 0 radical (unpaired) electrons. The van der Waals surface area contributed by atoms with Gasteiger partial charge in [-0.2, -0.15) is 0 Å². The lowest BCUT2D eigenvalue weighted by atomic mass is 9.86. The van der Waals surface area contributed by atoms with Gasteiger partial charge in [-0.15, -0.1) is 0 Å². The third-order valence-electron chi connectivity index (χ3n) is 5.34. The summed E-state index contributed by atoms with van der Waals surface area (Å²) in [5.41, 5.74) is -2.17. The number of hydrogen-bond acceptors (Lipinski definition) is 6. The Morgan fingerprint density at radius 1 is 1.46 bits per heavy atom. The van der Waals surface area contributed by atoms with E-state index < -0.39 is 31.6 Å². The fraction of sp³-hybridized carbons (Fsp3) is 0.765. The topological polar surface area (TPSA) is 85.4 Å². The average molecular weight is 356 g/mol. The average Bonchev–Trinajstić information content (AvgIpc) is 3.09. The van der Waals surface area contributed by atoms with Gasteiger partial charge in [0.05, 0.1) is 12.0 Å². The number of hydrogen-bond donors (Lipinski definition) is 1. The van der Waals surface area contributed by atoms with Crippen molar-refractivity contribution < 1.29 is 28.6 Å². The van der Waals surface area contributed by atoms with Gasteiger partial charge in [0.25, 0.3) is 0 Å². The van der Waals surface area contributed by atoms with Crippen LogP contribution in [0, 0.1) is 5.92 Å². The summed E-state index contributed by atoms with van der Waals surface area (Å²) < 4.78 is 16.2. The second kappa shape index (κ2) is 6.37. The third-order valence-corrected chi connectivity index (χ3v) is 9.84. The van der Waals surface area contributed by atoms with Crippen molar-refractivity contribution in [2.24, 2.45) is 5.92 Å². The van der Waals surface area contributed by atoms with Crippen LogP contribution in [-0.2, 0) is 23.5 Å². The summed E-state index contributed by atoms with van der Waals surface area (Å²) in [4.78, 5) is 24.4. The van der Waals surface area contributed by atoms with Gasteiger partial charge in [0, 0.05) is 6.61 Å². The molecule has 6 nitrogen and oxygen atoms in total. The molecule has 2 saturated heterocycles. The highest BCUT2D eigenvalue weighted by Gasteiger charge is 2.56. The van der Waals surface area contributed by atoms with Crippen LogP contribution in [0.3, 0.4) is 0 Å². The molecule has 0 unspecified atom stereocenters. The Kier molecular flexibility index (Phi) is 5.12. The minimum atomic E-state index is -2.17. The summed E-state index contributed by atoms with van der Waals surface area (Å²) in [5, 5.41) is 10.7. The molecule has 2 rings (SSSR count). The number of carbonyl (C=O) groups is 2. The number of ketones is 1. The van der Waals surface area contributed by atoms with E-state index in [4.69, 9.17) is 13.9 Å². The van der Waals surface area contributed by atoms with E-state index in [1.807, 2.05) is 6.92 Å². The molecule has 0 saturated carbocycles. The Morgan fingerprint density at radius 2 is 2.04 bits per heavy atom. The molecule has 24 heavy (non-hydrogen) atoms. The summed E-state index contributed by atoms with van der Waals surface area (Å²) in [6.45, 7) is 12.5. The highest BCUT2D eigenvalue weighted by atomic mass is 28.4. The van der Waals surface area contributed by atoms with Crippen molar-refractivity contribution in [3.05, 3.63) is 12.2 Å². The number of cyclic esters (lactones) is 1. The van der Waals surface area contributed by atoms with E-state index in [1.54, 1.807) is 6.08 Å². The molecule has 4 atom stereocenters. The van der Waals surface area contributed by atoms with Crippen molar-refractivity contribution in [2.75, 3.05) is 13.2 Å². The van der Waals surface area contributed by atoms with Gasteiger partial charge in [0.2, 0.25) is 5.60 Å². The molecule has 2 heterocycles. The standard InChI is InChI=1S/C17H28O6Si/c1-11-13(23-11)7-8-14(18)17(20)12(9-21-15(17)19)10-22-24(5,6)16(2,3)4/h7-8,11-13,20H,9-10H2,1-6H3/b8-7+/t11-,12+,13+,17+/m0/s1. The first kappa shape index (κ1) is 19.3. The zero-order chi connectivity index (χ0) is 18.3. The maximum Gasteiger partial charge on any atom is 0.346 e. The van der Waals surface area contributed by atoms with Gasteiger partial charge in [0.1, 0.15) is 12.7 Å². The number of carbonyl (C=O) groups excluding carboxylic acids is 2. The molecule has 0 aliphatic carbocycles. The van der Waals surface area contributed by atoms with E-state index in [-0.39, 0.29) is 30.5 Å². The van der Waals surface area contributed by atoms with Crippen LogP contribution in [0.5, 0.6) is 0 Å². The van der Waals surface area contributed by atoms with Gasteiger partial charge in [-0.05, 0) is 37.2 Å². The van der Waals surface area contributed by atoms with Gasteiger partial charge < -0.3 is 19.0 Å². The van der Waals surface area contributed by atoms with E-state index in [0.29, 0.717) is 0 Å². The summed E-state index contributed by atoms with van der Waals surface area (Å²) in [6.07, 6.45) is 2.73. The van der Waals surface area contributed by atoms with Crippen LogP contribution in [0.15, 0.2) is 12.2 Å². The zero-order valence-electron chi connectivity index (χ0n) is 15.3. The summed E-state index contributed by atoms with van der Waals surface area (Å²) in [6, 6.07) is 0. The highest BCUT2D eigenvalue weighted by molar-refractivity contribution is 6.74. The third kappa shape index (κ3) is 3.64. The minimum absolute atomic E-state index is 0.00204. The van der Waals surface area contributed by atoms with Crippen LogP contribution in [0.4, 0.5) is 0 Å². The maximum atomic E-state index is 12.4. The monoisotopic (exact) mass is 356 g/mol. The lowest BCUT2D eigenvalue weighted by molar-refractivity contribution is -0.160. The molecule has 0 bridgehead atoms. The number of epoxide rings is 1. The molecule has 136 valence electrons. The Bertz CT molecular complexity index is 550. The van der Waals surface area contributed by atoms with Crippen LogP contribution < -0.4 is 0 Å². The molecule has 0 aromatic carbocycles. The summed E-state index contributed by atoms with van der Waals surface area (Å²) in [7, 11) is -2.05. The Labute approximate surface area is 144 Å². The van der Waals surface area contributed by atoms with E-state index in [1.165, 1.54) is 6.08 Å². The van der Waals surface area contributed by atoms with Crippen LogP contribution in [0.2, 0.25) is 18.1 Å². The van der Waals surface area contributed by atoms with Crippen LogP contribution >= 0.6 is 0 Å². The van der Waals surface area contributed by atoms with Crippen molar-refractivity contribution in [2.45, 2.75) is 63.6 Å². The number of rotatable bonds is 6. The van der Waals surface area contributed by atoms with Crippen molar-refractivity contribution in [3.8, 4) is 0 Å². The van der Waals surface area contributed by atoms with Crippen molar-refractivity contribution in [1.29, 1.82) is 0 Å². The van der Waals surface area contributed by atoms with E-state index in [2.05, 4.69) is 33.9 Å². The second-order valence-electron chi connectivity index (χ2n) is 8.16. The van der Waals surface area contributed by atoms with Gasteiger partial charge in [-0.25, -0.2) is 4.79 Å². The number of aliphatic hydroxyl groups is 1. The Hall–Kier alpha value is -1.02. The van der Waals surface area contributed by atoms with Crippen LogP contribution in [0.1, 0.15) is 27.7 Å². The fourth-order valence-electron chi connectivity index (χ4n) is 2.28. The Morgan fingerprint density at radius 3 is 2.54 bits per heavy atom. The van der Waals surface area contributed by atoms with Gasteiger partial charge in [0.15, 0.2) is 14.1 Å². The minimum Gasteiger partial charge on any atom is -0.463 e. The normalized spacial score (nSPS) is 33.8. The predicted octanol–water partition coefficient (Wildman–Crippen LogP) is 1.82. The molecule has 2 aliphatic rings. The van der Waals surface area contributed by atoms with Crippen LogP contribution in [-0.4, -0.2) is 56.2 Å². The summed E-state index contributed by atoms with van der Waals surface area (Å²) in [5.74, 6) is -2.27. The molecule has 0 spiro atoms. The van der Waals surface area contributed by atoms with E-state index in [0.717, 1.165) is 0 Å². The number of ether oxygens (including phenoxy) is 2. The van der Waals surface area contributed by atoms with Crippen LogP contribution in [0.25, 0.3) is 0 Å². The van der Waals surface area contributed by atoms with Crippen molar-refractivity contribution >= 4 is 20.1 Å². The molecule has 2 aliphatic heterocycles. The lowest BCUT2D eigenvalue weighted by Gasteiger charge is -2.37. The molecular formula is C17H28O6Si. The first-order valence-electron chi connectivity index (χ1n) is 8.31. The number of esters is 1. The van der Waals surface area contributed by atoms with E-state index in [9.17, 15) is 14.7 Å². The predicted molar refractivity (Wildman–Crippen MR) is 91.0 cm³/mol. The molecular weight excluding hydrogens is 328 g/mol. The van der Waals surface area contributed by atoms with Gasteiger partial charge in [-0.1, -0.05) is 20.8 Å². The maximum absolute atomic E-state index is 12.4. The summed E-state index contributed by atoms with van der Waals surface area (Å²) >= 11 is 0. The van der Waals surface area contributed by atoms with Crippen molar-refractivity contribution in [3.63, 3.8) is 0 Å². The van der Waals surface area contributed by atoms with Gasteiger partial charge >= 0.3 is 5.97 Å². The second-order valence-corrected chi connectivity index (χ2v) is 13.0. The fourth-order valence-corrected chi connectivity index (χ4v) is 3.33.